The van der Waals surface area contributed by atoms with Gasteiger partial charge in [0.15, 0.2) is 0 Å². The molecule has 1 saturated heterocycles. The highest BCUT2D eigenvalue weighted by Crippen LogP contribution is 2.28. The van der Waals surface area contributed by atoms with Gasteiger partial charge in [-0.1, -0.05) is 28.1 Å². The number of nitrogens with two attached hydrogens (primary N) is 1. The Bertz CT molecular complexity index is 480. The highest BCUT2D eigenvalue weighted by molar-refractivity contribution is 9.10. The maximum absolute atomic E-state index is 12.4. The van der Waals surface area contributed by atoms with E-state index < -0.39 is 5.41 Å². The molecule has 0 aliphatic carbocycles. The van der Waals surface area contributed by atoms with Gasteiger partial charge in [0, 0.05) is 10.5 Å². The predicted octanol–water partition coefficient (Wildman–Crippen LogP) is 1.99. The first-order valence-corrected chi connectivity index (χ1v) is 7.12. The zero-order chi connectivity index (χ0) is 14.0. The SMILES string of the molecule is C[C@H](NC(=O)C1(C)COCC1N)c1cccc(Br)c1. The number of rotatable bonds is 3. The second kappa shape index (κ2) is 5.61. The molecule has 1 aliphatic rings. The van der Waals surface area contributed by atoms with Crippen LogP contribution in [0.1, 0.15) is 25.5 Å². The summed E-state index contributed by atoms with van der Waals surface area (Å²) in [4.78, 5) is 12.4. The topological polar surface area (TPSA) is 64.3 Å². The van der Waals surface area contributed by atoms with Gasteiger partial charge in [0.25, 0.3) is 0 Å². The Hall–Kier alpha value is -0.910. The standard InChI is InChI=1S/C14H19BrN2O2/c1-9(10-4-3-5-11(15)6-10)17-13(18)14(2)8-19-7-12(14)16/h3-6,9,12H,7-8,16H2,1-2H3,(H,17,18)/t9-,12?,14?/m0/s1. The number of hydrogen-bond donors (Lipinski definition) is 2. The van der Waals surface area contributed by atoms with Crippen molar-refractivity contribution in [1.82, 2.24) is 5.32 Å². The summed E-state index contributed by atoms with van der Waals surface area (Å²) in [5.74, 6) is -0.0509. The van der Waals surface area contributed by atoms with E-state index in [1.807, 2.05) is 38.1 Å². The third-order valence-corrected chi connectivity index (χ3v) is 4.23. The van der Waals surface area contributed by atoms with Crippen LogP contribution < -0.4 is 11.1 Å². The van der Waals surface area contributed by atoms with Gasteiger partial charge in [-0.25, -0.2) is 0 Å². The molecule has 3 atom stereocenters. The summed E-state index contributed by atoms with van der Waals surface area (Å²) in [7, 11) is 0. The van der Waals surface area contributed by atoms with Crippen molar-refractivity contribution in [2.24, 2.45) is 11.1 Å². The molecule has 1 aromatic carbocycles. The van der Waals surface area contributed by atoms with Crippen LogP contribution in [-0.2, 0) is 9.53 Å². The van der Waals surface area contributed by atoms with Crippen LogP contribution in [0.5, 0.6) is 0 Å². The van der Waals surface area contributed by atoms with E-state index in [1.165, 1.54) is 0 Å². The lowest BCUT2D eigenvalue weighted by Gasteiger charge is -2.27. The Labute approximate surface area is 121 Å². The molecular weight excluding hydrogens is 308 g/mol. The number of hydrogen-bond acceptors (Lipinski definition) is 3. The summed E-state index contributed by atoms with van der Waals surface area (Å²) in [6.07, 6.45) is 0. The summed E-state index contributed by atoms with van der Waals surface area (Å²) in [6, 6.07) is 7.59. The van der Waals surface area contributed by atoms with Gasteiger partial charge >= 0.3 is 0 Å². The Morgan fingerprint density at radius 3 is 2.95 bits per heavy atom. The molecule has 0 saturated carbocycles. The summed E-state index contributed by atoms with van der Waals surface area (Å²) in [5.41, 5.74) is 6.38. The Morgan fingerprint density at radius 2 is 2.37 bits per heavy atom. The fraction of sp³-hybridized carbons (Fsp3) is 0.500. The first-order chi connectivity index (χ1) is 8.93. The molecule has 4 nitrogen and oxygen atoms in total. The predicted molar refractivity (Wildman–Crippen MR) is 77.6 cm³/mol. The van der Waals surface area contributed by atoms with Crippen molar-refractivity contribution < 1.29 is 9.53 Å². The molecule has 1 heterocycles. The molecule has 5 heteroatoms. The number of amides is 1. The van der Waals surface area contributed by atoms with Gasteiger partial charge in [0.2, 0.25) is 5.91 Å². The molecular formula is C14H19BrN2O2. The fourth-order valence-electron chi connectivity index (χ4n) is 2.14. The minimum atomic E-state index is -0.639. The monoisotopic (exact) mass is 326 g/mol. The van der Waals surface area contributed by atoms with Gasteiger partial charge in [-0.2, -0.15) is 0 Å². The Balaban J connectivity index is 2.07. The normalized spacial score (nSPS) is 28.1. The molecule has 3 N–H and O–H groups in total. The van der Waals surface area contributed by atoms with E-state index in [0.29, 0.717) is 13.2 Å². The number of halogens is 1. The first kappa shape index (κ1) is 14.5. The minimum absolute atomic E-state index is 0.0509. The lowest BCUT2D eigenvalue weighted by atomic mass is 9.84. The molecule has 2 unspecified atom stereocenters. The van der Waals surface area contributed by atoms with Crippen LogP contribution in [0.3, 0.4) is 0 Å². The maximum Gasteiger partial charge on any atom is 0.230 e. The van der Waals surface area contributed by atoms with Crippen molar-refractivity contribution in [1.29, 1.82) is 0 Å². The molecule has 104 valence electrons. The van der Waals surface area contributed by atoms with Crippen LogP contribution in [0, 0.1) is 5.41 Å². The van der Waals surface area contributed by atoms with Crippen LogP contribution >= 0.6 is 15.9 Å². The fourth-order valence-corrected chi connectivity index (χ4v) is 2.56. The van der Waals surface area contributed by atoms with Crippen molar-refractivity contribution in [2.75, 3.05) is 13.2 Å². The third-order valence-electron chi connectivity index (χ3n) is 3.73. The van der Waals surface area contributed by atoms with Crippen LogP contribution in [0.25, 0.3) is 0 Å². The quantitative estimate of drug-likeness (QED) is 0.892. The molecule has 2 rings (SSSR count). The summed E-state index contributed by atoms with van der Waals surface area (Å²) in [6.45, 7) is 4.64. The number of benzene rings is 1. The molecule has 19 heavy (non-hydrogen) atoms. The lowest BCUT2D eigenvalue weighted by molar-refractivity contribution is -0.131. The molecule has 0 spiro atoms. The largest absolute Gasteiger partial charge is 0.379 e. The molecule has 0 bridgehead atoms. The highest BCUT2D eigenvalue weighted by Gasteiger charge is 2.44. The molecule has 1 amide bonds. The van der Waals surface area contributed by atoms with Crippen molar-refractivity contribution in [2.45, 2.75) is 25.9 Å². The average molecular weight is 327 g/mol. The Kier molecular flexibility index (Phi) is 4.28. The van der Waals surface area contributed by atoms with E-state index >= 15 is 0 Å². The lowest BCUT2D eigenvalue weighted by Crippen LogP contribution is -2.50. The van der Waals surface area contributed by atoms with Crippen LogP contribution in [0.2, 0.25) is 0 Å². The smallest absolute Gasteiger partial charge is 0.230 e. The van der Waals surface area contributed by atoms with E-state index in [0.717, 1.165) is 10.0 Å². The summed E-state index contributed by atoms with van der Waals surface area (Å²) in [5, 5.41) is 3.02. The second-order valence-electron chi connectivity index (χ2n) is 5.29. The minimum Gasteiger partial charge on any atom is -0.379 e. The first-order valence-electron chi connectivity index (χ1n) is 6.33. The average Bonchev–Trinajstić information content (AvgIpc) is 2.71. The van der Waals surface area contributed by atoms with Crippen LogP contribution in [-0.4, -0.2) is 25.2 Å². The molecule has 0 radical (unpaired) electrons. The molecule has 1 aromatic rings. The summed E-state index contributed by atoms with van der Waals surface area (Å²) >= 11 is 3.43. The summed E-state index contributed by atoms with van der Waals surface area (Å²) < 4.78 is 6.30. The molecule has 1 aliphatic heterocycles. The Morgan fingerprint density at radius 1 is 1.63 bits per heavy atom. The zero-order valence-corrected chi connectivity index (χ0v) is 12.7. The van der Waals surface area contributed by atoms with Gasteiger partial charge in [0.1, 0.15) is 0 Å². The van der Waals surface area contributed by atoms with Gasteiger partial charge in [-0.15, -0.1) is 0 Å². The van der Waals surface area contributed by atoms with E-state index in [9.17, 15) is 4.79 Å². The third kappa shape index (κ3) is 2.99. The van der Waals surface area contributed by atoms with E-state index in [4.69, 9.17) is 10.5 Å². The number of ether oxygens (including phenoxy) is 1. The van der Waals surface area contributed by atoms with Crippen molar-refractivity contribution in [3.05, 3.63) is 34.3 Å². The van der Waals surface area contributed by atoms with Gasteiger partial charge in [-0.05, 0) is 31.5 Å². The van der Waals surface area contributed by atoms with Gasteiger partial charge < -0.3 is 15.8 Å². The van der Waals surface area contributed by atoms with E-state index in [-0.39, 0.29) is 18.0 Å². The van der Waals surface area contributed by atoms with Crippen molar-refractivity contribution >= 4 is 21.8 Å². The van der Waals surface area contributed by atoms with Gasteiger partial charge in [0.05, 0.1) is 24.7 Å². The molecule has 1 fully saturated rings. The highest BCUT2D eigenvalue weighted by atomic mass is 79.9. The molecule has 0 aromatic heterocycles. The van der Waals surface area contributed by atoms with E-state index in [1.54, 1.807) is 0 Å². The van der Waals surface area contributed by atoms with Crippen LogP contribution in [0.15, 0.2) is 28.7 Å². The van der Waals surface area contributed by atoms with Crippen molar-refractivity contribution in [3.8, 4) is 0 Å². The number of nitrogens with one attached hydrogen (secondary N) is 1. The van der Waals surface area contributed by atoms with Crippen LogP contribution in [0.4, 0.5) is 0 Å². The number of carbonyl (C=O) groups is 1. The zero-order valence-electron chi connectivity index (χ0n) is 11.2. The number of carbonyl (C=O) groups excluding carboxylic acids is 1. The second-order valence-corrected chi connectivity index (χ2v) is 6.20. The maximum atomic E-state index is 12.4. The van der Waals surface area contributed by atoms with Gasteiger partial charge in [-0.3, -0.25) is 4.79 Å². The van der Waals surface area contributed by atoms with Crippen molar-refractivity contribution in [3.63, 3.8) is 0 Å². The van der Waals surface area contributed by atoms with E-state index in [2.05, 4.69) is 21.2 Å².